The number of carbonyl (C=O) groups excluding carboxylic acids is 2. The number of aliphatic carboxylic acids is 1. The molecule has 186 valence electrons. The first-order valence-electron chi connectivity index (χ1n) is 12.1. The maximum absolute atomic E-state index is 13.0. The minimum absolute atomic E-state index is 0.0684. The van der Waals surface area contributed by atoms with Crippen LogP contribution in [0.2, 0.25) is 0 Å². The first kappa shape index (κ1) is 24.7. The Balaban J connectivity index is 1.35. The molecule has 2 amide bonds. The molecule has 2 aliphatic rings. The van der Waals surface area contributed by atoms with Gasteiger partial charge in [-0.1, -0.05) is 61.9 Å². The van der Waals surface area contributed by atoms with E-state index < -0.39 is 23.5 Å². The third-order valence-electron chi connectivity index (χ3n) is 6.89. The number of benzene rings is 2. The molecule has 2 aromatic carbocycles. The molecule has 0 bridgehead atoms. The van der Waals surface area contributed by atoms with E-state index in [1.54, 1.807) is 6.92 Å². The largest absolute Gasteiger partial charge is 0.481 e. The minimum atomic E-state index is -1.16. The fraction of sp³-hybridized carbons (Fsp3) is 0.444. The Morgan fingerprint density at radius 1 is 1.09 bits per heavy atom. The Hall–Kier alpha value is -3.39. The third kappa shape index (κ3) is 5.32. The SMILES string of the molecule is CCCC(C)(NC(=O)OCC1c2ccccc2-c2ccccc21)C(=O)NC[C@H]1C[C@@H](C(=O)O)CO1. The zero-order valence-corrected chi connectivity index (χ0v) is 20.1. The van der Waals surface area contributed by atoms with Crippen molar-refractivity contribution in [1.29, 1.82) is 0 Å². The van der Waals surface area contributed by atoms with Crippen LogP contribution in [0.4, 0.5) is 4.79 Å². The van der Waals surface area contributed by atoms with Crippen LogP contribution in [0.3, 0.4) is 0 Å². The molecule has 3 atom stereocenters. The molecule has 8 heteroatoms. The van der Waals surface area contributed by atoms with Crippen LogP contribution < -0.4 is 10.6 Å². The predicted molar refractivity (Wildman–Crippen MR) is 130 cm³/mol. The second kappa shape index (κ2) is 10.5. The van der Waals surface area contributed by atoms with Crippen LogP contribution in [0.1, 0.15) is 50.2 Å². The summed E-state index contributed by atoms with van der Waals surface area (Å²) in [5.41, 5.74) is 3.36. The molecule has 0 radical (unpaired) electrons. The van der Waals surface area contributed by atoms with Gasteiger partial charge in [0.05, 0.1) is 18.6 Å². The van der Waals surface area contributed by atoms with Crippen LogP contribution in [0.15, 0.2) is 48.5 Å². The molecule has 0 spiro atoms. The Kier molecular flexibility index (Phi) is 7.40. The number of hydrogen-bond donors (Lipinski definition) is 3. The Morgan fingerprint density at radius 3 is 2.29 bits per heavy atom. The lowest BCUT2D eigenvalue weighted by Gasteiger charge is -2.29. The van der Waals surface area contributed by atoms with E-state index >= 15 is 0 Å². The molecule has 3 N–H and O–H groups in total. The molecule has 0 aromatic heterocycles. The van der Waals surface area contributed by atoms with Gasteiger partial charge in [-0.3, -0.25) is 9.59 Å². The van der Waals surface area contributed by atoms with Crippen molar-refractivity contribution in [3.63, 3.8) is 0 Å². The van der Waals surface area contributed by atoms with E-state index in [-0.39, 0.29) is 37.7 Å². The summed E-state index contributed by atoms with van der Waals surface area (Å²) in [6, 6.07) is 16.2. The van der Waals surface area contributed by atoms with Crippen LogP contribution in [-0.4, -0.2) is 54.5 Å². The van der Waals surface area contributed by atoms with E-state index in [0.717, 1.165) is 22.3 Å². The quantitative estimate of drug-likeness (QED) is 0.504. The second-order valence-electron chi connectivity index (χ2n) is 9.47. The second-order valence-corrected chi connectivity index (χ2v) is 9.47. The number of ether oxygens (including phenoxy) is 2. The van der Waals surface area contributed by atoms with Gasteiger partial charge in [-0.25, -0.2) is 4.79 Å². The van der Waals surface area contributed by atoms with Gasteiger partial charge < -0.3 is 25.2 Å². The van der Waals surface area contributed by atoms with Crippen molar-refractivity contribution in [2.24, 2.45) is 5.92 Å². The monoisotopic (exact) mass is 480 g/mol. The molecular formula is C27H32N2O6. The van der Waals surface area contributed by atoms with Gasteiger partial charge in [-0.15, -0.1) is 0 Å². The van der Waals surface area contributed by atoms with Crippen molar-refractivity contribution in [3.05, 3.63) is 59.7 Å². The average Bonchev–Trinajstić information content (AvgIpc) is 3.44. The highest BCUT2D eigenvalue weighted by Crippen LogP contribution is 2.44. The van der Waals surface area contributed by atoms with E-state index in [0.29, 0.717) is 19.3 Å². The topological polar surface area (TPSA) is 114 Å². The first-order valence-corrected chi connectivity index (χ1v) is 12.1. The maximum atomic E-state index is 13.0. The smallest absolute Gasteiger partial charge is 0.408 e. The fourth-order valence-electron chi connectivity index (χ4n) is 5.01. The van der Waals surface area contributed by atoms with Crippen molar-refractivity contribution >= 4 is 18.0 Å². The Bertz CT molecular complexity index is 1060. The van der Waals surface area contributed by atoms with Crippen LogP contribution in [-0.2, 0) is 19.1 Å². The summed E-state index contributed by atoms with van der Waals surface area (Å²) < 4.78 is 11.1. The zero-order valence-electron chi connectivity index (χ0n) is 20.1. The molecule has 4 rings (SSSR count). The van der Waals surface area contributed by atoms with Crippen molar-refractivity contribution < 1.29 is 29.0 Å². The van der Waals surface area contributed by atoms with E-state index in [1.165, 1.54) is 0 Å². The predicted octanol–water partition coefficient (Wildman–Crippen LogP) is 3.69. The van der Waals surface area contributed by atoms with Crippen molar-refractivity contribution in [2.75, 3.05) is 19.8 Å². The number of nitrogens with one attached hydrogen (secondary N) is 2. The number of alkyl carbamates (subject to hydrolysis) is 1. The van der Waals surface area contributed by atoms with Crippen LogP contribution in [0, 0.1) is 5.92 Å². The van der Waals surface area contributed by atoms with Gasteiger partial charge in [0, 0.05) is 12.5 Å². The highest BCUT2D eigenvalue weighted by Gasteiger charge is 2.37. The molecule has 8 nitrogen and oxygen atoms in total. The number of fused-ring (bicyclic) bond motifs is 3. The van der Waals surface area contributed by atoms with Crippen LogP contribution in [0.5, 0.6) is 0 Å². The molecule has 1 aliphatic heterocycles. The van der Waals surface area contributed by atoms with Gasteiger partial charge in [0.25, 0.3) is 0 Å². The highest BCUT2D eigenvalue weighted by atomic mass is 16.5. The average molecular weight is 481 g/mol. The van der Waals surface area contributed by atoms with Gasteiger partial charge >= 0.3 is 12.1 Å². The molecule has 2 aromatic rings. The zero-order chi connectivity index (χ0) is 25.0. The third-order valence-corrected chi connectivity index (χ3v) is 6.89. The van der Waals surface area contributed by atoms with Crippen molar-refractivity contribution in [2.45, 2.75) is 50.7 Å². The number of carbonyl (C=O) groups is 3. The first-order chi connectivity index (χ1) is 16.8. The van der Waals surface area contributed by atoms with E-state index in [9.17, 15) is 14.4 Å². The molecule has 1 saturated heterocycles. The van der Waals surface area contributed by atoms with Gasteiger partial charge in [0.1, 0.15) is 12.1 Å². The number of rotatable bonds is 9. The van der Waals surface area contributed by atoms with Gasteiger partial charge in [0.15, 0.2) is 0 Å². The lowest BCUT2D eigenvalue weighted by atomic mass is 9.95. The van der Waals surface area contributed by atoms with Crippen molar-refractivity contribution in [1.82, 2.24) is 10.6 Å². The summed E-state index contributed by atoms with van der Waals surface area (Å²) in [5, 5.41) is 14.7. The van der Waals surface area contributed by atoms with Gasteiger partial charge in [0.2, 0.25) is 5.91 Å². The summed E-state index contributed by atoms with van der Waals surface area (Å²) in [4.78, 5) is 36.9. The van der Waals surface area contributed by atoms with E-state index in [2.05, 4.69) is 34.9 Å². The minimum Gasteiger partial charge on any atom is -0.481 e. The summed E-state index contributed by atoms with van der Waals surface area (Å²) in [6.07, 6.45) is 0.433. The standard InChI is InChI=1S/C27H32N2O6/c1-3-12-27(2,25(32)28-14-18-13-17(15-34-18)24(30)31)29-26(33)35-16-23-21-10-6-4-8-19(21)20-9-5-7-11-22(20)23/h4-11,17-18,23H,3,12-16H2,1-2H3,(H,28,32)(H,29,33)(H,30,31)/t17-,18-,27?/m1/s1. The number of carboxylic acid groups (broad SMARTS) is 1. The molecule has 35 heavy (non-hydrogen) atoms. The van der Waals surface area contributed by atoms with E-state index in [4.69, 9.17) is 14.6 Å². The lowest BCUT2D eigenvalue weighted by Crippen LogP contribution is -2.57. The van der Waals surface area contributed by atoms with Gasteiger partial charge in [-0.2, -0.15) is 0 Å². The molecule has 1 aliphatic carbocycles. The summed E-state index contributed by atoms with van der Waals surface area (Å²) in [6.45, 7) is 4.09. The number of carboxylic acids is 1. The summed E-state index contributed by atoms with van der Waals surface area (Å²) >= 11 is 0. The highest BCUT2D eigenvalue weighted by molar-refractivity contribution is 5.89. The Morgan fingerprint density at radius 2 is 1.71 bits per heavy atom. The molecule has 1 fully saturated rings. The Labute approximate surface area is 205 Å². The maximum Gasteiger partial charge on any atom is 0.408 e. The summed E-state index contributed by atoms with van der Waals surface area (Å²) in [7, 11) is 0. The number of hydrogen-bond acceptors (Lipinski definition) is 5. The van der Waals surface area contributed by atoms with E-state index in [1.807, 2.05) is 31.2 Å². The number of amides is 2. The molecule has 0 saturated carbocycles. The van der Waals surface area contributed by atoms with Crippen LogP contribution in [0.25, 0.3) is 11.1 Å². The van der Waals surface area contributed by atoms with Gasteiger partial charge in [-0.05, 0) is 42.0 Å². The molecule has 1 heterocycles. The van der Waals surface area contributed by atoms with Crippen molar-refractivity contribution in [3.8, 4) is 11.1 Å². The molecular weight excluding hydrogens is 448 g/mol. The fourth-order valence-corrected chi connectivity index (χ4v) is 5.01. The molecule has 1 unspecified atom stereocenters. The summed E-state index contributed by atoms with van der Waals surface area (Å²) in [5.74, 6) is -1.87. The lowest BCUT2D eigenvalue weighted by molar-refractivity contribution is -0.141. The van der Waals surface area contributed by atoms with Crippen LogP contribution >= 0.6 is 0 Å². The normalized spacial score (nSPS) is 20.4.